The van der Waals surface area contributed by atoms with E-state index in [-0.39, 0.29) is 5.82 Å². The molecule has 0 atom stereocenters. The van der Waals surface area contributed by atoms with Crippen LogP contribution < -0.4 is 0 Å². The second-order valence-corrected chi connectivity index (χ2v) is 2.70. The van der Waals surface area contributed by atoms with Crippen LogP contribution in [-0.4, -0.2) is 0 Å². The third-order valence-corrected chi connectivity index (χ3v) is 2.06. The summed E-state index contributed by atoms with van der Waals surface area (Å²) in [5, 5.41) is 0. The van der Waals surface area contributed by atoms with Crippen molar-refractivity contribution in [3.05, 3.63) is 34.1 Å². The van der Waals surface area contributed by atoms with Crippen molar-refractivity contribution < 1.29 is 4.39 Å². The summed E-state index contributed by atoms with van der Waals surface area (Å²) < 4.78 is 13.4. The normalized spacial score (nSPS) is 9.67. The molecule has 0 aromatic heterocycles. The maximum absolute atomic E-state index is 12.5. The number of hydrogen-bond donors (Lipinski definition) is 0. The number of hydrogen-bond acceptors (Lipinski definition) is 0. The highest BCUT2D eigenvalue weighted by Crippen LogP contribution is 2.17. The van der Waals surface area contributed by atoms with Crippen molar-refractivity contribution in [1.82, 2.24) is 0 Å². The molecule has 0 N–H and O–H groups in total. The van der Waals surface area contributed by atoms with E-state index in [9.17, 15) is 4.39 Å². The van der Waals surface area contributed by atoms with E-state index < -0.39 is 0 Å². The molecule has 0 radical (unpaired) electrons. The summed E-state index contributed by atoms with van der Waals surface area (Å²) in [5.74, 6) is -0.163. The van der Waals surface area contributed by atoms with Gasteiger partial charge in [0, 0.05) is 4.47 Å². The highest BCUT2D eigenvalue weighted by Gasteiger charge is 1.97. The fourth-order valence-electron chi connectivity index (χ4n) is 0.581. The lowest BCUT2D eigenvalue weighted by atomic mass is 10.2. The lowest BCUT2D eigenvalue weighted by Crippen LogP contribution is -1.80. The molecular formula is C7H6BrF. The predicted octanol–water partition coefficient (Wildman–Crippen LogP) is 2.90. The number of halogens is 2. The maximum atomic E-state index is 12.5. The van der Waals surface area contributed by atoms with Gasteiger partial charge >= 0.3 is 0 Å². The predicted molar refractivity (Wildman–Crippen MR) is 38.8 cm³/mol. The molecule has 0 aliphatic heterocycles. The van der Waals surface area contributed by atoms with Gasteiger partial charge in [-0.1, -0.05) is 22.0 Å². The van der Waals surface area contributed by atoms with Crippen LogP contribution in [0.5, 0.6) is 0 Å². The van der Waals surface area contributed by atoms with Gasteiger partial charge in [-0.15, -0.1) is 0 Å². The smallest absolute Gasteiger partial charge is 0.127 e. The molecule has 9 heavy (non-hydrogen) atoms. The topological polar surface area (TPSA) is 0 Å². The standard InChI is InChI=1S/C7H6BrF/c1-5-6(8)3-2-4-7(5)9/h2-4H,1H3. The van der Waals surface area contributed by atoms with E-state index in [1.165, 1.54) is 6.07 Å². The Kier molecular flexibility index (Phi) is 1.86. The highest BCUT2D eigenvalue weighted by atomic mass is 79.9. The lowest BCUT2D eigenvalue weighted by molar-refractivity contribution is 0.617. The summed E-state index contributed by atoms with van der Waals surface area (Å²) in [5.41, 5.74) is 0.664. The van der Waals surface area contributed by atoms with Crippen molar-refractivity contribution in [2.75, 3.05) is 0 Å². The van der Waals surface area contributed by atoms with Crippen LogP contribution in [0.15, 0.2) is 22.7 Å². The SMILES string of the molecule is Cc1c(F)cccc1Br. The molecule has 1 aromatic rings. The van der Waals surface area contributed by atoms with Gasteiger partial charge in [0.05, 0.1) is 0 Å². The van der Waals surface area contributed by atoms with Crippen LogP contribution >= 0.6 is 15.9 Å². The Morgan fingerprint density at radius 2 is 2.11 bits per heavy atom. The van der Waals surface area contributed by atoms with Crippen LogP contribution in [-0.2, 0) is 0 Å². The van der Waals surface area contributed by atoms with Crippen LogP contribution in [0.25, 0.3) is 0 Å². The molecule has 0 saturated carbocycles. The second-order valence-electron chi connectivity index (χ2n) is 1.85. The fraction of sp³-hybridized carbons (Fsp3) is 0.143. The zero-order valence-electron chi connectivity index (χ0n) is 4.99. The number of rotatable bonds is 0. The van der Waals surface area contributed by atoms with Crippen molar-refractivity contribution in [2.24, 2.45) is 0 Å². The molecule has 0 fully saturated rings. The minimum Gasteiger partial charge on any atom is -0.207 e. The van der Waals surface area contributed by atoms with Crippen molar-refractivity contribution in [3.8, 4) is 0 Å². The first-order chi connectivity index (χ1) is 4.22. The molecule has 0 unspecified atom stereocenters. The van der Waals surface area contributed by atoms with Crippen LogP contribution in [0.2, 0.25) is 0 Å². The molecule has 0 saturated heterocycles. The van der Waals surface area contributed by atoms with E-state index in [4.69, 9.17) is 0 Å². The van der Waals surface area contributed by atoms with Crippen LogP contribution in [0.4, 0.5) is 4.39 Å². The van der Waals surface area contributed by atoms with E-state index in [1.807, 2.05) is 6.07 Å². The zero-order chi connectivity index (χ0) is 6.85. The molecule has 0 aliphatic carbocycles. The molecule has 0 nitrogen and oxygen atoms in total. The summed E-state index contributed by atoms with van der Waals surface area (Å²) in [6.07, 6.45) is 0. The first-order valence-corrected chi connectivity index (χ1v) is 3.41. The van der Waals surface area contributed by atoms with E-state index in [2.05, 4.69) is 15.9 Å². The summed E-state index contributed by atoms with van der Waals surface area (Å²) in [6, 6.07) is 4.94. The van der Waals surface area contributed by atoms with Gasteiger partial charge in [0.25, 0.3) is 0 Å². The second kappa shape index (κ2) is 2.48. The van der Waals surface area contributed by atoms with E-state index >= 15 is 0 Å². The Morgan fingerprint density at radius 3 is 2.56 bits per heavy atom. The molecule has 48 valence electrons. The Balaban J connectivity index is 3.25. The van der Waals surface area contributed by atoms with Gasteiger partial charge in [-0.2, -0.15) is 0 Å². The van der Waals surface area contributed by atoms with Gasteiger partial charge in [0.2, 0.25) is 0 Å². The monoisotopic (exact) mass is 188 g/mol. The highest BCUT2D eigenvalue weighted by molar-refractivity contribution is 9.10. The van der Waals surface area contributed by atoms with E-state index in [1.54, 1.807) is 13.0 Å². The van der Waals surface area contributed by atoms with Gasteiger partial charge in [0.15, 0.2) is 0 Å². The van der Waals surface area contributed by atoms with Crippen molar-refractivity contribution >= 4 is 15.9 Å². The Morgan fingerprint density at radius 1 is 1.44 bits per heavy atom. The van der Waals surface area contributed by atoms with Gasteiger partial charge < -0.3 is 0 Å². The lowest BCUT2D eigenvalue weighted by Gasteiger charge is -1.95. The fourth-order valence-corrected chi connectivity index (χ4v) is 0.923. The third-order valence-electron chi connectivity index (χ3n) is 1.20. The maximum Gasteiger partial charge on any atom is 0.127 e. The minimum atomic E-state index is -0.163. The summed E-state index contributed by atoms with van der Waals surface area (Å²) in [4.78, 5) is 0. The van der Waals surface area contributed by atoms with Crippen molar-refractivity contribution in [1.29, 1.82) is 0 Å². The Bertz CT molecular complexity index is 200. The average Bonchev–Trinajstić information content (AvgIpc) is 1.83. The summed E-state index contributed by atoms with van der Waals surface area (Å²) in [6.45, 7) is 1.74. The quantitative estimate of drug-likeness (QED) is 0.588. The van der Waals surface area contributed by atoms with Gasteiger partial charge in [0.1, 0.15) is 5.82 Å². The average molecular weight is 189 g/mol. The Labute approximate surface area is 61.8 Å². The van der Waals surface area contributed by atoms with Crippen LogP contribution in [0.1, 0.15) is 5.56 Å². The molecule has 0 aliphatic rings. The largest absolute Gasteiger partial charge is 0.207 e. The van der Waals surface area contributed by atoms with Crippen molar-refractivity contribution in [2.45, 2.75) is 6.92 Å². The summed E-state index contributed by atoms with van der Waals surface area (Å²) in [7, 11) is 0. The molecule has 0 spiro atoms. The van der Waals surface area contributed by atoms with Crippen molar-refractivity contribution in [3.63, 3.8) is 0 Å². The summed E-state index contributed by atoms with van der Waals surface area (Å²) >= 11 is 3.21. The molecule has 1 aromatic carbocycles. The van der Waals surface area contributed by atoms with Gasteiger partial charge in [-0.05, 0) is 24.6 Å². The first kappa shape index (κ1) is 6.75. The first-order valence-electron chi connectivity index (χ1n) is 2.62. The molecule has 1 rings (SSSR count). The molecule has 0 amide bonds. The van der Waals surface area contributed by atoms with Crippen LogP contribution in [0, 0.1) is 12.7 Å². The van der Waals surface area contributed by atoms with Crippen LogP contribution in [0.3, 0.4) is 0 Å². The number of benzene rings is 1. The molecule has 0 heterocycles. The van der Waals surface area contributed by atoms with E-state index in [0.29, 0.717) is 5.56 Å². The van der Waals surface area contributed by atoms with E-state index in [0.717, 1.165) is 4.47 Å². The van der Waals surface area contributed by atoms with Gasteiger partial charge in [-0.3, -0.25) is 0 Å². The zero-order valence-corrected chi connectivity index (χ0v) is 6.57. The molecule has 2 heteroatoms. The minimum absolute atomic E-state index is 0.163. The molecular weight excluding hydrogens is 183 g/mol. The van der Waals surface area contributed by atoms with Gasteiger partial charge in [-0.25, -0.2) is 4.39 Å². The molecule has 0 bridgehead atoms. The Hall–Kier alpha value is -0.370. The third kappa shape index (κ3) is 1.30.